The summed E-state index contributed by atoms with van der Waals surface area (Å²) >= 11 is 16.4. The highest BCUT2D eigenvalue weighted by atomic mass is 79.9. The first-order chi connectivity index (χ1) is 14.9. The number of benzene rings is 1. The number of nitrogens with zero attached hydrogens (tertiary/aromatic N) is 5. The smallest absolute Gasteiger partial charge is 0.305 e. The summed E-state index contributed by atoms with van der Waals surface area (Å²) in [7, 11) is 0. The molecule has 1 saturated carbocycles. The fourth-order valence-electron chi connectivity index (χ4n) is 4.32. The number of halogens is 3. The SMILES string of the molecule is O=C(O)CCOC[C@@H]1C2C[C@@H]2CN1c1cc(-n2cncn2)c2cc(Br)c(Cl)c(Cl)c2n1. The summed E-state index contributed by atoms with van der Waals surface area (Å²) < 4.78 is 8.05. The molecule has 2 aliphatic rings. The predicted octanol–water partition coefficient (Wildman–Crippen LogP) is 4.20. The van der Waals surface area contributed by atoms with Crippen molar-refractivity contribution < 1.29 is 14.6 Å². The van der Waals surface area contributed by atoms with Crippen molar-refractivity contribution in [3.05, 3.63) is 39.3 Å². The maximum Gasteiger partial charge on any atom is 0.305 e. The van der Waals surface area contributed by atoms with E-state index in [0.717, 1.165) is 29.9 Å². The Kier molecular flexibility index (Phi) is 5.54. The van der Waals surface area contributed by atoms with Crippen molar-refractivity contribution in [3.8, 4) is 5.69 Å². The van der Waals surface area contributed by atoms with Gasteiger partial charge in [-0.1, -0.05) is 23.2 Å². The normalized spacial score (nSPS) is 22.2. The lowest BCUT2D eigenvalue weighted by molar-refractivity contribution is -0.138. The van der Waals surface area contributed by atoms with Crippen molar-refractivity contribution in [2.24, 2.45) is 11.8 Å². The summed E-state index contributed by atoms with van der Waals surface area (Å²) in [5.74, 6) is 1.03. The summed E-state index contributed by atoms with van der Waals surface area (Å²) in [5.41, 5.74) is 1.38. The number of piperidine rings is 1. The number of anilines is 1. The molecule has 1 saturated heterocycles. The molecule has 3 atom stereocenters. The van der Waals surface area contributed by atoms with Crippen molar-refractivity contribution in [2.45, 2.75) is 18.9 Å². The van der Waals surface area contributed by atoms with Gasteiger partial charge in [-0.3, -0.25) is 4.79 Å². The number of carboxylic acids is 1. The second-order valence-electron chi connectivity index (χ2n) is 7.82. The number of aromatic nitrogens is 4. The number of hydrogen-bond donors (Lipinski definition) is 1. The van der Waals surface area contributed by atoms with Crippen LogP contribution in [-0.2, 0) is 9.53 Å². The van der Waals surface area contributed by atoms with Crippen LogP contribution in [0.25, 0.3) is 16.6 Å². The molecule has 2 aromatic heterocycles. The van der Waals surface area contributed by atoms with Crippen molar-refractivity contribution in [1.29, 1.82) is 0 Å². The zero-order chi connectivity index (χ0) is 21.7. The quantitative estimate of drug-likeness (QED) is 0.364. The van der Waals surface area contributed by atoms with Gasteiger partial charge in [0.25, 0.3) is 0 Å². The van der Waals surface area contributed by atoms with Gasteiger partial charge in [-0.2, -0.15) is 5.10 Å². The minimum Gasteiger partial charge on any atom is -0.481 e. The van der Waals surface area contributed by atoms with Crippen LogP contribution in [0.5, 0.6) is 0 Å². The van der Waals surface area contributed by atoms with E-state index in [9.17, 15) is 4.79 Å². The van der Waals surface area contributed by atoms with E-state index < -0.39 is 5.97 Å². The Bertz CT molecular complexity index is 1160. The fourth-order valence-corrected chi connectivity index (χ4v) is 5.25. The average Bonchev–Trinajstić information content (AvgIpc) is 3.14. The highest BCUT2D eigenvalue weighted by Crippen LogP contribution is 2.51. The summed E-state index contributed by atoms with van der Waals surface area (Å²) in [6.45, 7) is 1.53. The van der Waals surface area contributed by atoms with E-state index in [-0.39, 0.29) is 19.1 Å². The molecule has 3 heterocycles. The Hall–Kier alpha value is -1.94. The number of aliphatic carboxylic acids is 1. The minimum absolute atomic E-state index is 0.00548. The number of ether oxygens (including phenoxy) is 1. The third kappa shape index (κ3) is 3.88. The van der Waals surface area contributed by atoms with Crippen LogP contribution < -0.4 is 4.90 Å². The van der Waals surface area contributed by atoms with Gasteiger partial charge in [0.1, 0.15) is 18.5 Å². The van der Waals surface area contributed by atoms with Gasteiger partial charge in [0.05, 0.1) is 46.9 Å². The molecular formula is C20H18BrCl2N5O3. The molecule has 1 unspecified atom stereocenters. The van der Waals surface area contributed by atoms with Crippen molar-refractivity contribution in [2.75, 3.05) is 24.7 Å². The van der Waals surface area contributed by atoms with E-state index in [1.165, 1.54) is 6.33 Å². The van der Waals surface area contributed by atoms with E-state index in [1.807, 2.05) is 12.1 Å². The third-order valence-electron chi connectivity index (χ3n) is 5.92. The molecule has 0 bridgehead atoms. The second-order valence-corrected chi connectivity index (χ2v) is 9.43. The van der Waals surface area contributed by atoms with Crippen LogP contribution in [0.15, 0.2) is 29.3 Å². The lowest BCUT2D eigenvalue weighted by Crippen LogP contribution is -2.37. The van der Waals surface area contributed by atoms with Gasteiger partial charge < -0.3 is 14.7 Å². The van der Waals surface area contributed by atoms with Crippen LogP contribution >= 0.6 is 39.1 Å². The van der Waals surface area contributed by atoms with E-state index in [1.54, 1.807) is 11.0 Å². The predicted molar refractivity (Wildman–Crippen MR) is 120 cm³/mol. The highest BCUT2D eigenvalue weighted by molar-refractivity contribution is 9.10. The molecule has 1 aromatic carbocycles. The van der Waals surface area contributed by atoms with Gasteiger partial charge >= 0.3 is 5.97 Å². The molecule has 0 radical (unpaired) electrons. The Morgan fingerprint density at radius 2 is 2.16 bits per heavy atom. The van der Waals surface area contributed by atoms with E-state index in [2.05, 4.69) is 30.9 Å². The molecule has 3 aromatic rings. The summed E-state index contributed by atoms with van der Waals surface area (Å²) in [6.07, 6.45) is 4.26. The van der Waals surface area contributed by atoms with Gasteiger partial charge in [0.2, 0.25) is 0 Å². The van der Waals surface area contributed by atoms with Crippen molar-refractivity contribution in [1.82, 2.24) is 19.7 Å². The first-order valence-electron chi connectivity index (χ1n) is 9.83. The fraction of sp³-hybridized carbons (Fsp3) is 0.400. The molecule has 0 spiro atoms. The molecule has 5 rings (SSSR count). The number of carboxylic acid groups (broad SMARTS) is 1. The van der Waals surface area contributed by atoms with Crippen LogP contribution in [0.1, 0.15) is 12.8 Å². The van der Waals surface area contributed by atoms with E-state index >= 15 is 0 Å². The molecular weight excluding hydrogens is 509 g/mol. The minimum atomic E-state index is -0.862. The van der Waals surface area contributed by atoms with Crippen molar-refractivity contribution in [3.63, 3.8) is 0 Å². The van der Waals surface area contributed by atoms with Gasteiger partial charge in [-0.15, -0.1) is 0 Å². The molecule has 1 aliphatic heterocycles. The molecule has 0 amide bonds. The van der Waals surface area contributed by atoms with E-state index in [4.69, 9.17) is 38.0 Å². The Balaban J connectivity index is 1.54. The molecule has 1 aliphatic carbocycles. The monoisotopic (exact) mass is 525 g/mol. The maximum absolute atomic E-state index is 10.8. The summed E-state index contributed by atoms with van der Waals surface area (Å²) in [6, 6.07) is 3.99. The highest BCUT2D eigenvalue weighted by Gasteiger charge is 2.53. The Labute approximate surface area is 196 Å². The number of rotatable bonds is 7. The van der Waals surface area contributed by atoms with Crippen LogP contribution in [0, 0.1) is 11.8 Å². The van der Waals surface area contributed by atoms with Gasteiger partial charge in [-0.25, -0.2) is 14.6 Å². The van der Waals surface area contributed by atoms with E-state index in [0.29, 0.717) is 38.5 Å². The molecule has 31 heavy (non-hydrogen) atoms. The van der Waals surface area contributed by atoms with Gasteiger partial charge in [0.15, 0.2) is 0 Å². The molecule has 11 heteroatoms. The molecule has 1 N–H and O–H groups in total. The molecule has 162 valence electrons. The van der Waals surface area contributed by atoms with Crippen LogP contribution in [0.3, 0.4) is 0 Å². The number of fused-ring (bicyclic) bond motifs is 2. The zero-order valence-corrected chi connectivity index (χ0v) is 19.3. The molecule has 2 fully saturated rings. The lowest BCUT2D eigenvalue weighted by atomic mass is 10.1. The number of pyridine rings is 1. The van der Waals surface area contributed by atoms with Gasteiger partial charge in [-0.05, 0) is 40.3 Å². The largest absolute Gasteiger partial charge is 0.481 e. The second kappa shape index (κ2) is 8.20. The van der Waals surface area contributed by atoms with Gasteiger partial charge in [0, 0.05) is 22.5 Å². The standard InChI is InChI=1S/C20H18BrCl2N5O3/c21-13-4-12-14(28-9-24-8-25-28)5-16(26-20(12)19(23)18(13)22)27-6-10-3-11(10)15(27)7-31-2-1-17(29)30/h4-5,8-11,15H,1-3,6-7H2,(H,29,30)/t10-,11?,15-/m1/s1. The first-order valence-corrected chi connectivity index (χ1v) is 11.4. The number of hydrogen-bond acceptors (Lipinski definition) is 6. The first kappa shape index (κ1) is 20.9. The Morgan fingerprint density at radius 3 is 2.90 bits per heavy atom. The lowest BCUT2D eigenvalue weighted by Gasteiger charge is -2.29. The zero-order valence-electron chi connectivity index (χ0n) is 16.2. The number of carbonyl (C=O) groups is 1. The molecule has 8 nitrogen and oxygen atoms in total. The Morgan fingerprint density at radius 1 is 1.32 bits per heavy atom. The van der Waals surface area contributed by atoms with Crippen LogP contribution in [-0.4, -0.2) is 56.6 Å². The van der Waals surface area contributed by atoms with Crippen molar-refractivity contribution >= 4 is 61.8 Å². The third-order valence-corrected chi connectivity index (χ3v) is 7.63. The van der Waals surface area contributed by atoms with Crippen LogP contribution in [0.2, 0.25) is 10.0 Å². The van der Waals surface area contributed by atoms with Crippen LogP contribution in [0.4, 0.5) is 5.82 Å². The summed E-state index contributed by atoms with van der Waals surface area (Å²) in [5, 5.41) is 14.7. The summed E-state index contributed by atoms with van der Waals surface area (Å²) in [4.78, 5) is 21.9. The average molecular weight is 527 g/mol. The maximum atomic E-state index is 10.8. The topological polar surface area (TPSA) is 93.4 Å².